The van der Waals surface area contributed by atoms with E-state index in [-0.39, 0.29) is 50.6 Å². The van der Waals surface area contributed by atoms with Gasteiger partial charge in [-0.25, -0.2) is 13.2 Å². The van der Waals surface area contributed by atoms with Crippen molar-refractivity contribution in [1.29, 1.82) is 0 Å². The first-order valence-corrected chi connectivity index (χ1v) is 14.9. The van der Waals surface area contributed by atoms with E-state index in [9.17, 15) is 33.2 Å². The van der Waals surface area contributed by atoms with Gasteiger partial charge < -0.3 is 19.5 Å². The zero-order valence-electron chi connectivity index (χ0n) is 22.9. The van der Waals surface area contributed by atoms with Crippen LogP contribution in [-0.2, 0) is 24.3 Å². The van der Waals surface area contributed by atoms with E-state index in [1.165, 1.54) is 46.7 Å². The van der Waals surface area contributed by atoms with Gasteiger partial charge in [-0.3, -0.25) is 14.9 Å². The minimum atomic E-state index is -4.40. The number of hydrogen-bond donors (Lipinski definition) is 1. The average molecular weight is 590 g/mol. The summed E-state index contributed by atoms with van der Waals surface area (Å²) < 4.78 is 40.0. The predicted molar refractivity (Wildman–Crippen MR) is 148 cm³/mol. The molecule has 1 aromatic rings. The minimum Gasteiger partial charge on any atom is -0.498 e. The molecule has 2 heterocycles. The second-order valence-electron chi connectivity index (χ2n) is 10.5. The van der Waals surface area contributed by atoms with Crippen LogP contribution >= 0.6 is 0 Å². The first-order chi connectivity index (χ1) is 19.6. The first-order valence-electron chi connectivity index (χ1n) is 13.5. The van der Waals surface area contributed by atoms with Crippen LogP contribution in [0.1, 0.15) is 32.1 Å². The number of fused-ring (bicyclic) bond motifs is 1. The van der Waals surface area contributed by atoms with Gasteiger partial charge in [0.25, 0.3) is 5.69 Å². The maximum absolute atomic E-state index is 14.1. The average Bonchev–Trinajstić information content (AvgIpc) is 2.94. The molecule has 0 bridgehead atoms. The Morgan fingerprint density at radius 3 is 2.76 bits per heavy atom. The molecule has 4 atom stereocenters. The number of allylic oxidation sites excluding steroid dienone is 2. The van der Waals surface area contributed by atoms with Crippen LogP contribution in [0.4, 0.5) is 10.5 Å². The summed E-state index contributed by atoms with van der Waals surface area (Å²) in [5.41, 5.74) is -1.87. The Kier molecular flexibility index (Phi) is 9.30. The fourth-order valence-corrected chi connectivity index (χ4v) is 7.92. The number of ether oxygens (including phenoxy) is 2. The van der Waals surface area contributed by atoms with Crippen molar-refractivity contribution >= 4 is 27.6 Å². The Balaban J connectivity index is 1.81. The minimum absolute atomic E-state index is 0.0236. The lowest BCUT2D eigenvalue weighted by Gasteiger charge is -2.53. The summed E-state index contributed by atoms with van der Waals surface area (Å²) in [6, 6.07) is 4.29. The van der Waals surface area contributed by atoms with Crippen molar-refractivity contribution in [2.45, 2.75) is 49.1 Å². The van der Waals surface area contributed by atoms with Crippen molar-refractivity contribution in [1.82, 2.24) is 9.21 Å². The second kappa shape index (κ2) is 12.5. The first kappa shape index (κ1) is 30.4. The molecule has 3 aliphatic rings. The molecule has 12 nitrogen and oxygen atoms in total. The number of ketones is 1. The smallest absolute Gasteiger partial charge is 0.410 e. The molecule has 1 fully saturated rings. The number of aliphatic hydroxyl groups is 1. The summed E-state index contributed by atoms with van der Waals surface area (Å²) >= 11 is 0. The maximum Gasteiger partial charge on any atom is 0.410 e. The van der Waals surface area contributed by atoms with Crippen LogP contribution in [0.15, 0.2) is 65.8 Å². The van der Waals surface area contributed by atoms with E-state index in [2.05, 4.69) is 6.58 Å². The Bertz CT molecular complexity index is 1360. The van der Waals surface area contributed by atoms with E-state index in [4.69, 9.17) is 9.47 Å². The van der Waals surface area contributed by atoms with Crippen LogP contribution in [0.2, 0.25) is 0 Å². The molecule has 1 aliphatic carbocycles. The lowest BCUT2D eigenvalue weighted by Crippen LogP contribution is -2.62. The van der Waals surface area contributed by atoms with Crippen LogP contribution in [-0.4, -0.2) is 85.0 Å². The Hall–Kier alpha value is -3.55. The lowest BCUT2D eigenvalue weighted by molar-refractivity contribution is -0.387. The van der Waals surface area contributed by atoms with E-state index in [1.807, 2.05) is 6.08 Å². The van der Waals surface area contributed by atoms with Gasteiger partial charge in [0.05, 0.1) is 12.0 Å². The number of rotatable bonds is 8. The highest BCUT2D eigenvalue weighted by atomic mass is 32.2. The highest BCUT2D eigenvalue weighted by Gasteiger charge is 2.57. The number of hydrogen-bond acceptors (Lipinski definition) is 9. The summed E-state index contributed by atoms with van der Waals surface area (Å²) in [5.74, 6) is -0.987. The van der Waals surface area contributed by atoms with Gasteiger partial charge in [-0.15, -0.1) is 0 Å². The molecule has 0 spiro atoms. The molecular formula is C28H35N3O9S. The topological polar surface area (TPSA) is 157 Å². The Labute approximate surface area is 239 Å². The van der Waals surface area contributed by atoms with Crippen LogP contribution in [0.3, 0.4) is 0 Å². The summed E-state index contributed by atoms with van der Waals surface area (Å²) in [7, 11) is -3.07. The fourth-order valence-electron chi connectivity index (χ4n) is 6.14. The quantitative estimate of drug-likeness (QED) is 0.273. The third kappa shape index (κ3) is 5.92. The SMILES string of the molecule is C=CCOC(=O)N1CC[C@H]2C(=O)C=C(OC)[C@@H](O)[C@@]2(C[C@@H]2/C=C\CCCCN2S(=O)(=O)c2ccccc2[N+](=O)[O-])C1. The summed E-state index contributed by atoms with van der Waals surface area (Å²) in [4.78, 5) is 38.2. The van der Waals surface area contributed by atoms with Crippen LogP contribution in [0.5, 0.6) is 0 Å². The van der Waals surface area contributed by atoms with Crippen molar-refractivity contribution < 1.29 is 37.5 Å². The van der Waals surface area contributed by atoms with E-state index in [0.29, 0.717) is 19.3 Å². The second-order valence-corrected chi connectivity index (χ2v) is 12.3. The van der Waals surface area contributed by atoms with Crippen molar-refractivity contribution in [3.05, 3.63) is 71.0 Å². The number of methoxy groups -OCH3 is 1. The number of piperidine rings is 1. The number of aliphatic hydroxyl groups excluding tert-OH is 1. The predicted octanol–water partition coefficient (Wildman–Crippen LogP) is 3.19. The summed E-state index contributed by atoms with van der Waals surface area (Å²) in [6.07, 6.45) is 6.35. The molecule has 41 heavy (non-hydrogen) atoms. The van der Waals surface area contributed by atoms with E-state index >= 15 is 0 Å². The van der Waals surface area contributed by atoms with Crippen molar-refractivity contribution in [2.24, 2.45) is 11.3 Å². The number of para-hydroxylation sites is 1. The number of nitro groups is 1. The van der Waals surface area contributed by atoms with E-state index in [1.54, 1.807) is 6.08 Å². The Morgan fingerprint density at radius 1 is 1.29 bits per heavy atom. The largest absolute Gasteiger partial charge is 0.498 e. The number of amides is 1. The zero-order valence-corrected chi connectivity index (χ0v) is 23.7. The Morgan fingerprint density at radius 2 is 2.05 bits per heavy atom. The molecule has 1 amide bonds. The number of carbonyl (C=O) groups excluding carboxylic acids is 2. The molecule has 4 rings (SSSR count). The summed E-state index contributed by atoms with van der Waals surface area (Å²) in [6.45, 7) is 3.71. The normalized spacial score (nSPS) is 28.0. The molecule has 2 aliphatic heterocycles. The molecule has 13 heteroatoms. The van der Waals surface area contributed by atoms with E-state index in [0.717, 1.165) is 6.07 Å². The van der Waals surface area contributed by atoms with Gasteiger partial charge in [-0.05, 0) is 38.2 Å². The van der Waals surface area contributed by atoms with Gasteiger partial charge in [-0.2, -0.15) is 4.31 Å². The van der Waals surface area contributed by atoms with Gasteiger partial charge in [0, 0.05) is 49.2 Å². The lowest BCUT2D eigenvalue weighted by atomic mass is 9.59. The number of carbonyl (C=O) groups is 2. The van der Waals surface area contributed by atoms with Crippen molar-refractivity contribution in [3.63, 3.8) is 0 Å². The number of nitrogens with zero attached hydrogens (tertiary/aromatic N) is 3. The number of sulfonamides is 1. The van der Waals surface area contributed by atoms with Gasteiger partial charge in [0.2, 0.25) is 10.0 Å². The molecule has 0 radical (unpaired) electrons. The van der Waals surface area contributed by atoms with Crippen molar-refractivity contribution in [2.75, 3.05) is 33.4 Å². The number of benzene rings is 1. The van der Waals surface area contributed by atoms with Gasteiger partial charge in [0.1, 0.15) is 18.5 Å². The highest BCUT2D eigenvalue weighted by molar-refractivity contribution is 7.89. The van der Waals surface area contributed by atoms with Crippen LogP contribution < -0.4 is 0 Å². The molecule has 1 N–H and O–H groups in total. The van der Waals surface area contributed by atoms with Gasteiger partial charge in [-0.1, -0.05) is 36.9 Å². The molecule has 1 aromatic carbocycles. The molecule has 1 saturated heterocycles. The fraction of sp³-hybridized carbons (Fsp3) is 0.500. The molecule has 0 aromatic heterocycles. The third-order valence-corrected chi connectivity index (χ3v) is 10.1. The van der Waals surface area contributed by atoms with Gasteiger partial charge >= 0.3 is 6.09 Å². The zero-order chi connectivity index (χ0) is 29.8. The van der Waals surface area contributed by atoms with Crippen molar-refractivity contribution in [3.8, 4) is 0 Å². The molecule has 0 unspecified atom stereocenters. The molecule has 222 valence electrons. The number of nitro benzene ring substituents is 1. The number of likely N-dealkylation sites (tertiary alicyclic amines) is 1. The third-order valence-electron chi connectivity index (χ3n) is 8.09. The standard InChI is InChI=1S/C28H35N3O9S/c1-3-16-40-27(34)29-15-13-21-23(32)17-24(39-2)26(33)28(21,19-29)18-20-10-6-4-5-9-14-30(20)41(37,38)25-12-8-7-11-22(25)31(35)36/h3,6-8,10-12,17,20-21,26,33H,1,4-5,9,13-16,18-19H2,2H3/b10-6-/t20-,21-,26+,28-/m0/s1. The van der Waals surface area contributed by atoms with Gasteiger partial charge in [0.15, 0.2) is 10.7 Å². The van der Waals surface area contributed by atoms with Crippen LogP contribution in [0.25, 0.3) is 0 Å². The van der Waals surface area contributed by atoms with Crippen LogP contribution in [0, 0.1) is 21.4 Å². The monoisotopic (exact) mass is 589 g/mol. The maximum atomic E-state index is 14.1. The highest BCUT2D eigenvalue weighted by Crippen LogP contribution is 2.49. The molecule has 0 saturated carbocycles. The molecular weight excluding hydrogens is 554 g/mol. The summed E-state index contributed by atoms with van der Waals surface area (Å²) in [5, 5.41) is 23.4. The van der Waals surface area contributed by atoms with E-state index < -0.39 is 55.1 Å².